The maximum Gasteiger partial charge on any atom is 0.119 e. The van der Waals surface area contributed by atoms with Crippen molar-refractivity contribution in [1.29, 1.82) is 0 Å². The Hall–Kier alpha value is -1.80. The molecule has 0 amide bonds. The molecule has 0 spiro atoms. The molecule has 0 bridgehead atoms. The molecule has 0 aliphatic rings. The fourth-order valence-electron chi connectivity index (χ4n) is 2.30. The lowest BCUT2D eigenvalue weighted by Gasteiger charge is -2.12. The first-order valence-electron chi connectivity index (χ1n) is 7.25. The van der Waals surface area contributed by atoms with Gasteiger partial charge in [0.25, 0.3) is 0 Å². The summed E-state index contributed by atoms with van der Waals surface area (Å²) in [5.41, 5.74) is 5.18. The number of hydrogen-bond donors (Lipinski definition) is 1. The largest absolute Gasteiger partial charge is 0.497 e. The molecule has 106 valence electrons. The summed E-state index contributed by atoms with van der Waals surface area (Å²) in [5.74, 6) is 0.909. The average Bonchev–Trinajstić information content (AvgIpc) is 2.52. The molecule has 0 aromatic heterocycles. The Morgan fingerprint density at radius 3 is 2.35 bits per heavy atom. The number of hydrogen-bond acceptors (Lipinski definition) is 2. The third kappa shape index (κ3) is 3.40. The number of nitrogens with one attached hydrogen (secondary N) is 1. The number of methoxy groups -OCH3 is 1. The molecule has 0 aliphatic carbocycles. The van der Waals surface area contributed by atoms with Crippen LogP contribution < -0.4 is 10.1 Å². The summed E-state index contributed by atoms with van der Waals surface area (Å²) in [6, 6.07) is 15.1. The SMILES string of the molecule is CCNCc1cc(OC)ccc1-c1ccc(CC)cc1. The minimum absolute atomic E-state index is 0.860. The van der Waals surface area contributed by atoms with E-state index in [1.54, 1.807) is 7.11 Å². The van der Waals surface area contributed by atoms with E-state index >= 15 is 0 Å². The van der Waals surface area contributed by atoms with Gasteiger partial charge in [0.05, 0.1) is 7.11 Å². The van der Waals surface area contributed by atoms with Crippen molar-refractivity contribution in [2.45, 2.75) is 26.8 Å². The van der Waals surface area contributed by atoms with Gasteiger partial charge in [0.1, 0.15) is 5.75 Å². The van der Waals surface area contributed by atoms with Crippen LogP contribution in [0.1, 0.15) is 25.0 Å². The van der Waals surface area contributed by atoms with Gasteiger partial charge in [-0.25, -0.2) is 0 Å². The van der Waals surface area contributed by atoms with Crippen molar-refractivity contribution < 1.29 is 4.74 Å². The lowest BCUT2D eigenvalue weighted by Crippen LogP contribution is -2.12. The number of ether oxygens (including phenoxy) is 1. The predicted molar refractivity (Wildman–Crippen MR) is 85.2 cm³/mol. The number of benzene rings is 2. The van der Waals surface area contributed by atoms with E-state index in [-0.39, 0.29) is 0 Å². The normalized spacial score (nSPS) is 10.6. The van der Waals surface area contributed by atoms with Crippen LogP contribution in [0.5, 0.6) is 5.75 Å². The van der Waals surface area contributed by atoms with E-state index in [4.69, 9.17) is 4.74 Å². The van der Waals surface area contributed by atoms with Crippen LogP contribution in [-0.4, -0.2) is 13.7 Å². The van der Waals surface area contributed by atoms with Crippen LogP contribution in [0.15, 0.2) is 42.5 Å². The van der Waals surface area contributed by atoms with Crippen LogP contribution in [-0.2, 0) is 13.0 Å². The van der Waals surface area contributed by atoms with Crippen LogP contribution in [0.3, 0.4) is 0 Å². The summed E-state index contributed by atoms with van der Waals surface area (Å²) >= 11 is 0. The highest BCUT2D eigenvalue weighted by Crippen LogP contribution is 2.27. The van der Waals surface area contributed by atoms with Crippen molar-refractivity contribution in [3.63, 3.8) is 0 Å². The van der Waals surface area contributed by atoms with E-state index in [9.17, 15) is 0 Å². The maximum absolute atomic E-state index is 5.33. The zero-order valence-corrected chi connectivity index (χ0v) is 12.6. The van der Waals surface area contributed by atoms with Crippen molar-refractivity contribution >= 4 is 0 Å². The molecule has 0 atom stereocenters. The molecule has 2 rings (SSSR count). The highest BCUT2D eigenvalue weighted by atomic mass is 16.5. The van der Waals surface area contributed by atoms with Gasteiger partial charge in [-0.3, -0.25) is 0 Å². The lowest BCUT2D eigenvalue weighted by atomic mass is 9.98. The Kier molecular flexibility index (Phi) is 5.19. The molecular weight excluding hydrogens is 246 g/mol. The summed E-state index contributed by atoms with van der Waals surface area (Å²) in [4.78, 5) is 0. The van der Waals surface area contributed by atoms with Gasteiger partial charge < -0.3 is 10.1 Å². The first-order valence-corrected chi connectivity index (χ1v) is 7.25. The molecule has 0 saturated heterocycles. The van der Waals surface area contributed by atoms with Crippen molar-refractivity contribution in [3.05, 3.63) is 53.6 Å². The number of aryl methyl sites for hydroxylation is 1. The Bertz CT molecular complexity index is 546. The van der Waals surface area contributed by atoms with E-state index < -0.39 is 0 Å². The minimum Gasteiger partial charge on any atom is -0.497 e. The van der Waals surface area contributed by atoms with Crippen molar-refractivity contribution in [1.82, 2.24) is 5.32 Å². The molecule has 0 heterocycles. The van der Waals surface area contributed by atoms with E-state index in [1.807, 2.05) is 6.07 Å². The van der Waals surface area contributed by atoms with Crippen molar-refractivity contribution in [3.8, 4) is 16.9 Å². The fourth-order valence-corrected chi connectivity index (χ4v) is 2.30. The predicted octanol–water partition coefficient (Wildman–Crippen LogP) is 4.03. The molecule has 0 fully saturated rings. The van der Waals surface area contributed by atoms with E-state index in [0.717, 1.165) is 25.3 Å². The molecule has 2 nitrogen and oxygen atoms in total. The molecule has 0 saturated carbocycles. The maximum atomic E-state index is 5.33. The highest BCUT2D eigenvalue weighted by Gasteiger charge is 2.06. The first-order chi connectivity index (χ1) is 9.78. The van der Waals surface area contributed by atoms with Gasteiger partial charge in [0, 0.05) is 6.54 Å². The Balaban J connectivity index is 2.37. The summed E-state index contributed by atoms with van der Waals surface area (Å²) in [5, 5.41) is 3.39. The van der Waals surface area contributed by atoms with Gasteiger partial charge in [-0.2, -0.15) is 0 Å². The van der Waals surface area contributed by atoms with Crippen molar-refractivity contribution in [2.24, 2.45) is 0 Å². The second kappa shape index (κ2) is 7.11. The third-order valence-corrected chi connectivity index (χ3v) is 3.55. The van der Waals surface area contributed by atoms with Crippen molar-refractivity contribution in [2.75, 3.05) is 13.7 Å². The summed E-state index contributed by atoms with van der Waals surface area (Å²) in [6.45, 7) is 6.12. The summed E-state index contributed by atoms with van der Waals surface area (Å²) < 4.78 is 5.33. The molecular formula is C18H23NO. The van der Waals surface area contributed by atoms with Crippen LogP contribution in [0.25, 0.3) is 11.1 Å². The third-order valence-electron chi connectivity index (χ3n) is 3.55. The Labute approximate surface area is 121 Å². The van der Waals surface area contributed by atoms with E-state index in [1.165, 1.54) is 22.3 Å². The molecule has 1 N–H and O–H groups in total. The van der Waals surface area contributed by atoms with Crippen LogP contribution in [0.4, 0.5) is 0 Å². The second-order valence-corrected chi connectivity index (χ2v) is 4.85. The van der Waals surface area contributed by atoms with E-state index in [0.29, 0.717) is 0 Å². The van der Waals surface area contributed by atoms with Gasteiger partial charge >= 0.3 is 0 Å². The number of rotatable bonds is 6. The summed E-state index contributed by atoms with van der Waals surface area (Å²) in [6.07, 6.45) is 1.08. The highest BCUT2D eigenvalue weighted by molar-refractivity contribution is 5.68. The van der Waals surface area contributed by atoms with Gasteiger partial charge in [0.15, 0.2) is 0 Å². The smallest absolute Gasteiger partial charge is 0.119 e. The molecule has 0 radical (unpaired) electrons. The van der Waals surface area contributed by atoms with Crippen LogP contribution >= 0.6 is 0 Å². The van der Waals surface area contributed by atoms with Gasteiger partial charge in [-0.1, -0.05) is 44.2 Å². The van der Waals surface area contributed by atoms with Gasteiger partial charge in [-0.15, -0.1) is 0 Å². The first kappa shape index (κ1) is 14.6. The topological polar surface area (TPSA) is 21.3 Å². The molecule has 2 heteroatoms. The minimum atomic E-state index is 0.860. The standard InChI is InChI=1S/C18H23NO/c1-4-14-6-8-15(9-7-14)18-11-10-17(20-3)12-16(18)13-19-5-2/h6-12,19H,4-5,13H2,1-3H3. The molecule has 20 heavy (non-hydrogen) atoms. The zero-order chi connectivity index (χ0) is 14.4. The van der Waals surface area contributed by atoms with Crippen LogP contribution in [0.2, 0.25) is 0 Å². The second-order valence-electron chi connectivity index (χ2n) is 4.85. The Morgan fingerprint density at radius 2 is 1.75 bits per heavy atom. The fraction of sp³-hybridized carbons (Fsp3) is 0.333. The lowest BCUT2D eigenvalue weighted by molar-refractivity contribution is 0.414. The van der Waals surface area contributed by atoms with Gasteiger partial charge in [-0.05, 0) is 47.4 Å². The average molecular weight is 269 g/mol. The van der Waals surface area contributed by atoms with Crippen LogP contribution in [0, 0.1) is 0 Å². The monoisotopic (exact) mass is 269 g/mol. The zero-order valence-electron chi connectivity index (χ0n) is 12.6. The molecule has 0 unspecified atom stereocenters. The summed E-state index contributed by atoms with van der Waals surface area (Å²) in [7, 11) is 1.71. The van der Waals surface area contributed by atoms with E-state index in [2.05, 4.69) is 55.6 Å². The van der Waals surface area contributed by atoms with Gasteiger partial charge in [0.2, 0.25) is 0 Å². The quantitative estimate of drug-likeness (QED) is 0.854. The molecule has 2 aromatic carbocycles. The molecule has 0 aliphatic heterocycles. The Morgan fingerprint density at radius 1 is 1.00 bits per heavy atom. The molecule has 2 aromatic rings.